The fourth-order valence-corrected chi connectivity index (χ4v) is 3.21. The lowest BCUT2D eigenvalue weighted by atomic mass is 10.0. The quantitative estimate of drug-likeness (QED) is 0.766. The molecule has 0 saturated heterocycles. The number of rotatable bonds is 6. The molecule has 3 rings (SSSR count). The second-order valence-corrected chi connectivity index (χ2v) is 6.12. The predicted molar refractivity (Wildman–Crippen MR) is 89.6 cm³/mol. The van der Waals surface area contributed by atoms with Crippen LogP contribution in [0.15, 0.2) is 54.6 Å². The molecule has 0 fully saturated rings. The van der Waals surface area contributed by atoms with Gasteiger partial charge >= 0.3 is 0 Å². The molecule has 116 valence electrons. The molecule has 2 aromatic rings. The van der Waals surface area contributed by atoms with Crippen molar-refractivity contribution in [3.05, 3.63) is 71.3 Å². The predicted octanol–water partition coefficient (Wildman–Crippen LogP) is 2.19. The smallest absolute Gasteiger partial charge is 0.0818 e. The summed E-state index contributed by atoms with van der Waals surface area (Å²) in [6, 6.07) is 18.7. The molecule has 1 aliphatic carbocycles. The highest BCUT2D eigenvalue weighted by Gasteiger charge is 2.23. The molecule has 0 radical (unpaired) electrons. The van der Waals surface area contributed by atoms with Crippen molar-refractivity contribution >= 4 is 0 Å². The van der Waals surface area contributed by atoms with Gasteiger partial charge in [0.2, 0.25) is 0 Å². The van der Waals surface area contributed by atoms with Crippen LogP contribution in [0.4, 0.5) is 0 Å². The van der Waals surface area contributed by atoms with Gasteiger partial charge in [0.1, 0.15) is 0 Å². The van der Waals surface area contributed by atoms with Crippen molar-refractivity contribution in [3.63, 3.8) is 0 Å². The summed E-state index contributed by atoms with van der Waals surface area (Å²) < 4.78 is 0. The summed E-state index contributed by atoms with van der Waals surface area (Å²) in [5.74, 6) is 0. The zero-order valence-electron chi connectivity index (χ0n) is 12.8. The number of nitrogens with two attached hydrogens (primary N) is 1. The van der Waals surface area contributed by atoms with Crippen LogP contribution in [-0.2, 0) is 12.8 Å². The van der Waals surface area contributed by atoms with Gasteiger partial charge in [0.15, 0.2) is 0 Å². The van der Waals surface area contributed by atoms with E-state index in [4.69, 9.17) is 5.73 Å². The minimum atomic E-state index is -0.534. The van der Waals surface area contributed by atoms with E-state index in [1.54, 1.807) is 0 Å². The average Bonchev–Trinajstić information content (AvgIpc) is 2.97. The molecule has 22 heavy (non-hydrogen) atoms. The zero-order valence-corrected chi connectivity index (χ0v) is 12.8. The number of aliphatic hydroxyl groups excluding tert-OH is 1. The zero-order chi connectivity index (χ0) is 15.4. The van der Waals surface area contributed by atoms with Crippen LogP contribution in [0.3, 0.4) is 0 Å². The van der Waals surface area contributed by atoms with E-state index in [0.29, 0.717) is 19.0 Å². The Morgan fingerprint density at radius 2 is 1.82 bits per heavy atom. The molecule has 0 aromatic heterocycles. The Morgan fingerprint density at radius 3 is 2.64 bits per heavy atom. The number of aryl methyl sites for hydroxylation is 1. The van der Waals surface area contributed by atoms with Crippen LogP contribution >= 0.6 is 0 Å². The number of hydrogen-bond acceptors (Lipinski definition) is 3. The standard InChI is InChI=1S/C19H24N2O/c20-17(12-14-6-2-1-3-7-14)19(22)13-21-18-11-10-15-8-4-5-9-16(15)18/h1-9,17-19,21-22H,10-13,20H2. The Labute approximate surface area is 132 Å². The molecule has 0 heterocycles. The third-order valence-corrected chi connectivity index (χ3v) is 4.51. The molecule has 3 atom stereocenters. The van der Waals surface area contributed by atoms with Crippen LogP contribution in [0.5, 0.6) is 0 Å². The van der Waals surface area contributed by atoms with E-state index in [0.717, 1.165) is 12.8 Å². The molecular formula is C19H24N2O. The summed E-state index contributed by atoms with van der Waals surface area (Å²) in [5, 5.41) is 13.8. The van der Waals surface area contributed by atoms with E-state index in [1.165, 1.54) is 16.7 Å². The Bertz CT molecular complexity index is 599. The molecule has 0 saturated carbocycles. The molecule has 0 aliphatic heterocycles. The van der Waals surface area contributed by atoms with Gasteiger partial charge in [-0.2, -0.15) is 0 Å². The molecule has 1 aliphatic rings. The summed E-state index contributed by atoms with van der Waals surface area (Å²) in [5.41, 5.74) is 10.1. The first-order chi connectivity index (χ1) is 10.7. The van der Waals surface area contributed by atoms with Crippen molar-refractivity contribution in [1.29, 1.82) is 0 Å². The van der Waals surface area contributed by atoms with E-state index in [-0.39, 0.29) is 6.04 Å². The van der Waals surface area contributed by atoms with Crippen molar-refractivity contribution < 1.29 is 5.11 Å². The number of hydrogen-bond donors (Lipinski definition) is 3. The highest BCUT2D eigenvalue weighted by molar-refractivity contribution is 5.34. The summed E-state index contributed by atoms with van der Waals surface area (Å²) >= 11 is 0. The van der Waals surface area contributed by atoms with Crippen LogP contribution in [-0.4, -0.2) is 23.8 Å². The third-order valence-electron chi connectivity index (χ3n) is 4.51. The van der Waals surface area contributed by atoms with Gasteiger partial charge < -0.3 is 16.2 Å². The first-order valence-corrected chi connectivity index (χ1v) is 8.03. The Hall–Kier alpha value is -1.68. The largest absolute Gasteiger partial charge is 0.390 e. The average molecular weight is 296 g/mol. The molecule has 2 aromatic carbocycles. The SMILES string of the molecule is NC(Cc1ccccc1)C(O)CNC1CCc2ccccc21. The normalized spacial score (nSPS) is 19.6. The summed E-state index contributed by atoms with van der Waals surface area (Å²) in [6.07, 6.45) is 2.37. The number of benzene rings is 2. The molecule has 3 nitrogen and oxygen atoms in total. The lowest BCUT2D eigenvalue weighted by molar-refractivity contribution is 0.138. The van der Waals surface area contributed by atoms with Gasteiger partial charge in [0.05, 0.1) is 6.10 Å². The summed E-state index contributed by atoms with van der Waals surface area (Å²) in [4.78, 5) is 0. The minimum Gasteiger partial charge on any atom is -0.390 e. The Kier molecular flexibility index (Phi) is 4.88. The second-order valence-electron chi connectivity index (χ2n) is 6.12. The monoisotopic (exact) mass is 296 g/mol. The molecule has 0 bridgehead atoms. The van der Waals surface area contributed by atoms with Crippen molar-refractivity contribution in [2.75, 3.05) is 6.54 Å². The maximum Gasteiger partial charge on any atom is 0.0818 e. The molecule has 3 unspecified atom stereocenters. The van der Waals surface area contributed by atoms with Gasteiger partial charge in [0.25, 0.3) is 0 Å². The molecule has 3 heteroatoms. The number of nitrogens with one attached hydrogen (secondary N) is 1. The van der Waals surface area contributed by atoms with E-state index in [2.05, 4.69) is 29.6 Å². The van der Waals surface area contributed by atoms with E-state index < -0.39 is 6.10 Å². The maximum absolute atomic E-state index is 10.3. The summed E-state index contributed by atoms with van der Waals surface area (Å²) in [6.45, 7) is 0.535. The van der Waals surface area contributed by atoms with Crippen LogP contribution in [0.2, 0.25) is 0 Å². The number of fused-ring (bicyclic) bond motifs is 1. The second kappa shape index (κ2) is 7.05. The van der Waals surface area contributed by atoms with Gasteiger partial charge in [-0.25, -0.2) is 0 Å². The van der Waals surface area contributed by atoms with Gasteiger partial charge in [-0.15, -0.1) is 0 Å². The number of aliphatic hydroxyl groups is 1. The van der Waals surface area contributed by atoms with Crippen LogP contribution in [0.1, 0.15) is 29.2 Å². The van der Waals surface area contributed by atoms with Gasteiger partial charge in [-0.3, -0.25) is 0 Å². The van der Waals surface area contributed by atoms with Crippen LogP contribution in [0, 0.1) is 0 Å². The molecule has 0 spiro atoms. The lowest BCUT2D eigenvalue weighted by Crippen LogP contribution is -2.43. The van der Waals surface area contributed by atoms with Crippen molar-refractivity contribution in [1.82, 2.24) is 5.32 Å². The van der Waals surface area contributed by atoms with Gasteiger partial charge in [0, 0.05) is 18.6 Å². The van der Waals surface area contributed by atoms with Crippen LogP contribution in [0.25, 0.3) is 0 Å². The molecule has 4 N–H and O–H groups in total. The molecular weight excluding hydrogens is 272 g/mol. The van der Waals surface area contributed by atoms with E-state index in [1.807, 2.05) is 30.3 Å². The summed E-state index contributed by atoms with van der Waals surface area (Å²) in [7, 11) is 0. The first-order valence-electron chi connectivity index (χ1n) is 8.03. The highest BCUT2D eigenvalue weighted by Crippen LogP contribution is 2.30. The fourth-order valence-electron chi connectivity index (χ4n) is 3.21. The Morgan fingerprint density at radius 1 is 1.09 bits per heavy atom. The van der Waals surface area contributed by atoms with Crippen LogP contribution < -0.4 is 11.1 Å². The topological polar surface area (TPSA) is 58.3 Å². The van der Waals surface area contributed by atoms with Gasteiger partial charge in [-0.1, -0.05) is 54.6 Å². The molecule has 0 amide bonds. The van der Waals surface area contributed by atoms with Gasteiger partial charge in [-0.05, 0) is 36.0 Å². The third kappa shape index (κ3) is 3.55. The van der Waals surface area contributed by atoms with Crippen molar-refractivity contribution in [2.45, 2.75) is 37.5 Å². The highest BCUT2D eigenvalue weighted by atomic mass is 16.3. The van der Waals surface area contributed by atoms with E-state index >= 15 is 0 Å². The van der Waals surface area contributed by atoms with Crippen molar-refractivity contribution in [2.24, 2.45) is 5.73 Å². The lowest BCUT2D eigenvalue weighted by Gasteiger charge is -2.22. The first kappa shape index (κ1) is 15.2. The van der Waals surface area contributed by atoms with E-state index in [9.17, 15) is 5.11 Å². The van der Waals surface area contributed by atoms with Crippen molar-refractivity contribution in [3.8, 4) is 0 Å². The maximum atomic E-state index is 10.3. The minimum absolute atomic E-state index is 0.244. The fraction of sp³-hybridized carbons (Fsp3) is 0.368. The Balaban J connectivity index is 1.51.